The first kappa shape index (κ1) is 20.1. The van der Waals surface area contributed by atoms with Crippen molar-refractivity contribution in [3.63, 3.8) is 0 Å². The molecule has 0 aliphatic rings. The molecule has 4 aromatic rings. The summed E-state index contributed by atoms with van der Waals surface area (Å²) < 4.78 is 34.7. The van der Waals surface area contributed by atoms with Crippen LogP contribution in [0.2, 0.25) is 0 Å². The van der Waals surface area contributed by atoms with Crippen LogP contribution < -0.4 is 25.8 Å². The van der Waals surface area contributed by atoms with Crippen molar-refractivity contribution in [3.8, 4) is 0 Å². The van der Waals surface area contributed by atoms with Crippen LogP contribution in [0.15, 0.2) is 121 Å². The summed E-state index contributed by atoms with van der Waals surface area (Å²) in [5.74, 6) is 0. The molecule has 4 aromatic carbocycles. The van der Waals surface area contributed by atoms with Gasteiger partial charge < -0.3 is 0 Å². The molecule has 0 unspecified atom stereocenters. The average Bonchev–Trinajstić information content (AvgIpc) is 2.80. The summed E-state index contributed by atoms with van der Waals surface area (Å²) >= 11 is -8.38. The first-order chi connectivity index (χ1) is 14.2. The van der Waals surface area contributed by atoms with E-state index < -0.39 is 27.6 Å². The van der Waals surface area contributed by atoms with Gasteiger partial charge in [0.2, 0.25) is 0 Å². The first-order valence-corrected chi connectivity index (χ1v) is 15.6. The molecule has 0 saturated heterocycles. The number of hydrogen-bond acceptors (Lipinski definition) is 3. The van der Waals surface area contributed by atoms with Crippen molar-refractivity contribution in [2.75, 3.05) is 0 Å². The third kappa shape index (κ3) is 3.18. The summed E-state index contributed by atoms with van der Waals surface area (Å²) in [7, 11) is 0. The normalized spacial score (nSPS) is 13.0. The molecule has 0 heterocycles. The fourth-order valence-corrected chi connectivity index (χ4v) is 21.1. The molecule has 0 spiro atoms. The second-order valence-electron chi connectivity index (χ2n) is 6.64. The summed E-state index contributed by atoms with van der Waals surface area (Å²) in [6, 6.07) is 39.2. The molecule has 0 aliphatic carbocycles. The van der Waals surface area contributed by atoms with Crippen molar-refractivity contribution in [2.45, 2.75) is 0 Å². The number of benzene rings is 4. The number of hydrogen-bond donors (Lipinski definition) is 0. The second-order valence-corrected chi connectivity index (χ2v) is 17.9. The maximum absolute atomic E-state index is 12.4. The standard InChI is InChI=1S/C24H20AsBrO3/c27-26(28)29-25(21-13-5-1-6-14-21,22-15-7-2-8-16-22,23-17-9-3-10-18-23)24-19-11-4-12-20-24/h1-20H. The van der Waals surface area contributed by atoms with Gasteiger partial charge in [0, 0.05) is 0 Å². The van der Waals surface area contributed by atoms with Crippen LogP contribution in [0.4, 0.5) is 0 Å². The molecular weight excluding hydrogens is 491 g/mol. The molecule has 0 bridgehead atoms. The fraction of sp³-hybridized carbons (Fsp3) is 0. The van der Waals surface area contributed by atoms with Gasteiger partial charge in [-0.15, -0.1) is 0 Å². The molecule has 0 atom stereocenters. The van der Waals surface area contributed by atoms with Gasteiger partial charge in [0.1, 0.15) is 0 Å². The van der Waals surface area contributed by atoms with Crippen LogP contribution in [0, 0.1) is 14.8 Å². The minimum atomic E-state index is -4.80. The second kappa shape index (κ2) is 8.27. The third-order valence-corrected chi connectivity index (χ3v) is 21.0. The third-order valence-electron chi connectivity index (χ3n) is 5.19. The molecule has 0 saturated carbocycles. The Morgan fingerprint density at radius 1 is 0.448 bits per heavy atom. The predicted molar refractivity (Wildman–Crippen MR) is 111 cm³/mol. The summed E-state index contributed by atoms with van der Waals surface area (Å²) in [5, 5.41) is 0. The molecule has 0 aliphatic heterocycles. The summed E-state index contributed by atoms with van der Waals surface area (Å²) in [6.45, 7) is 0. The van der Waals surface area contributed by atoms with Crippen molar-refractivity contribution in [1.29, 1.82) is 0 Å². The van der Waals surface area contributed by atoms with E-state index in [2.05, 4.69) is 0 Å². The maximum atomic E-state index is 12.4. The van der Waals surface area contributed by atoms with Gasteiger partial charge in [0.05, 0.1) is 0 Å². The van der Waals surface area contributed by atoms with Gasteiger partial charge >= 0.3 is 178 Å². The monoisotopic (exact) mass is 510 g/mol. The first-order valence-electron chi connectivity index (χ1n) is 9.18. The zero-order valence-electron chi connectivity index (χ0n) is 15.6. The van der Waals surface area contributed by atoms with Crippen LogP contribution in [0.5, 0.6) is 0 Å². The minimum absolute atomic E-state index is 0.893. The SMILES string of the molecule is [O-][Br+2]([O-])O[As](c1ccccc1)(c1ccccc1)(c1ccccc1)c1ccccc1. The van der Waals surface area contributed by atoms with E-state index in [1.165, 1.54) is 0 Å². The van der Waals surface area contributed by atoms with Gasteiger partial charge in [-0.1, -0.05) is 0 Å². The van der Waals surface area contributed by atoms with E-state index in [1.54, 1.807) is 0 Å². The average molecular weight is 511 g/mol. The Morgan fingerprint density at radius 3 is 0.897 bits per heavy atom. The molecule has 0 N–H and O–H groups in total. The van der Waals surface area contributed by atoms with Gasteiger partial charge in [-0.25, -0.2) is 0 Å². The molecular formula is C24H20AsBrO3. The number of rotatable bonds is 6. The van der Waals surface area contributed by atoms with E-state index in [1.807, 2.05) is 121 Å². The summed E-state index contributed by atoms with van der Waals surface area (Å²) in [4.78, 5) is 0. The Labute approximate surface area is 177 Å². The van der Waals surface area contributed by atoms with Crippen LogP contribution in [0.25, 0.3) is 0 Å². The van der Waals surface area contributed by atoms with E-state index >= 15 is 0 Å². The molecule has 4 rings (SSSR count). The van der Waals surface area contributed by atoms with Crippen molar-refractivity contribution < 1.29 is 26.0 Å². The van der Waals surface area contributed by atoms with Gasteiger partial charge in [-0.3, -0.25) is 0 Å². The Morgan fingerprint density at radius 2 is 0.690 bits per heavy atom. The summed E-state index contributed by atoms with van der Waals surface area (Å²) in [6.07, 6.45) is 0. The van der Waals surface area contributed by atoms with Gasteiger partial charge in [0.25, 0.3) is 0 Å². The molecule has 146 valence electrons. The van der Waals surface area contributed by atoms with E-state index in [0.29, 0.717) is 0 Å². The van der Waals surface area contributed by atoms with E-state index in [9.17, 15) is 8.40 Å². The van der Waals surface area contributed by atoms with Crippen molar-refractivity contribution >= 4 is 30.2 Å². The molecule has 0 fully saturated rings. The van der Waals surface area contributed by atoms with Crippen LogP contribution in [-0.4, -0.2) is 12.8 Å². The quantitative estimate of drug-likeness (QED) is 0.357. The van der Waals surface area contributed by atoms with E-state index in [4.69, 9.17) is 2.82 Å². The van der Waals surface area contributed by atoms with Gasteiger partial charge in [-0.05, 0) is 0 Å². The predicted octanol–water partition coefficient (Wildman–Crippen LogP) is 0.618. The van der Waals surface area contributed by atoms with Crippen molar-refractivity contribution in [3.05, 3.63) is 121 Å². The molecule has 29 heavy (non-hydrogen) atoms. The van der Waals surface area contributed by atoms with Crippen LogP contribution in [0.3, 0.4) is 0 Å². The Balaban J connectivity index is 2.29. The van der Waals surface area contributed by atoms with Crippen LogP contribution in [-0.2, 0) is 2.82 Å². The fourth-order valence-electron chi connectivity index (χ4n) is 4.02. The van der Waals surface area contributed by atoms with Crippen molar-refractivity contribution in [2.24, 2.45) is 0 Å². The van der Waals surface area contributed by atoms with Gasteiger partial charge in [0.15, 0.2) is 0 Å². The van der Waals surface area contributed by atoms with Gasteiger partial charge in [-0.2, -0.15) is 0 Å². The van der Waals surface area contributed by atoms with Crippen LogP contribution in [0.1, 0.15) is 0 Å². The zero-order valence-corrected chi connectivity index (χ0v) is 19.1. The van der Waals surface area contributed by atoms with Crippen molar-refractivity contribution in [1.82, 2.24) is 0 Å². The molecule has 0 radical (unpaired) electrons. The molecule has 5 heteroatoms. The van der Waals surface area contributed by atoms with E-state index in [-0.39, 0.29) is 0 Å². The molecule has 0 aromatic heterocycles. The van der Waals surface area contributed by atoms with E-state index in [0.717, 1.165) is 17.4 Å². The Hall–Kier alpha value is -2.20. The summed E-state index contributed by atoms with van der Waals surface area (Å²) in [5.41, 5.74) is 0. The topological polar surface area (TPSA) is 55.3 Å². The number of halogens is 1. The zero-order chi connectivity index (χ0) is 20.2. The Bertz CT molecular complexity index is 889. The Kier molecular flexibility index (Phi) is 5.73. The molecule has 0 amide bonds. The molecule has 3 nitrogen and oxygen atoms in total. The van der Waals surface area contributed by atoms with Crippen LogP contribution >= 0.6 is 0 Å².